The molecule has 0 unspecified atom stereocenters. The Kier molecular flexibility index (Phi) is 4.59. The normalized spacial score (nSPS) is 11.2. The van der Waals surface area contributed by atoms with Crippen molar-refractivity contribution >= 4 is 34.5 Å². The molecule has 3 rings (SSSR count). The zero-order valence-electron chi connectivity index (χ0n) is 12.5. The van der Waals surface area contributed by atoms with Gasteiger partial charge in [0.2, 0.25) is 0 Å². The summed E-state index contributed by atoms with van der Waals surface area (Å²) in [5, 5.41) is 9.93. The van der Waals surface area contributed by atoms with Gasteiger partial charge < -0.3 is 0 Å². The molecule has 114 valence electrons. The number of hydrogen-bond acceptors (Lipinski definition) is 5. The summed E-state index contributed by atoms with van der Waals surface area (Å²) >= 11 is 7.58. The molecule has 0 amide bonds. The fourth-order valence-electron chi connectivity index (χ4n) is 2.09. The lowest BCUT2D eigenvalue weighted by Crippen LogP contribution is -2.04. The van der Waals surface area contributed by atoms with E-state index < -0.39 is 0 Å². The number of aryl methyl sites for hydroxylation is 1. The van der Waals surface area contributed by atoms with Gasteiger partial charge in [0, 0.05) is 10.8 Å². The molecular weight excluding hydrogens is 318 g/mol. The summed E-state index contributed by atoms with van der Waals surface area (Å²) in [5.41, 5.74) is 3.51. The van der Waals surface area contributed by atoms with Gasteiger partial charge in [0.1, 0.15) is 0 Å². The van der Waals surface area contributed by atoms with Gasteiger partial charge in [0.15, 0.2) is 16.3 Å². The number of nitrogens with zero attached hydrogens (tertiary/aromatic N) is 5. The van der Waals surface area contributed by atoms with Crippen LogP contribution in [0.15, 0.2) is 29.4 Å². The maximum absolute atomic E-state index is 5.92. The second kappa shape index (κ2) is 6.62. The van der Waals surface area contributed by atoms with Gasteiger partial charge >= 0.3 is 0 Å². The highest BCUT2D eigenvalue weighted by Gasteiger charge is 2.12. The van der Waals surface area contributed by atoms with E-state index >= 15 is 0 Å². The van der Waals surface area contributed by atoms with Gasteiger partial charge in [-0.25, -0.2) is 14.6 Å². The van der Waals surface area contributed by atoms with Crippen LogP contribution in [0.2, 0.25) is 5.02 Å². The van der Waals surface area contributed by atoms with Gasteiger partial charge in [-0.3, -0.25) is 0 Å². The molecule has 1 aromatic carbocycles. The van der Waals surface area contributed by atoms with Crippen LogP contribution in [-0.4, -0.2) is 30.7 Å². The third kappa shape index (κ3) is 3.23. The van der Waals surface area contributed by atoms with Crippen LogP contribution >= 0.6 is 23.4 Å². The van der Waals surface area contributed by atoms with Gasteiger partial charge in [-0.05, 0) is 31.0 Å². The van der Waals surface area contributed by atoms with Gasteiger partial charge in [0.25, 0.3) is 0 Å². The Bertz CT molecular complexity index is 784. The van der Waals surface area contributed by atoms with E-state index in [-0.39, 0.29) is 0 Å². The molecule has 0 aliphatic heterocycles. The number of thioether (sulfide) groups is 1. The first-order valence-electron chi connectivity index (χ1n) is 7.12. The average Bonchev–Trinajstić information content (AvgIpc) is 2.91. The topological polar surface area (TPSA) is 56.5 Å². The van der Waals surface area contributed by atoms with Crippen molar-refractivity contribution in [1.82, 2.24) is 25.0 Å². The number of benzene rings is 1. The Balaban J connectivity index is 1.95. The van der Waals surface area contributed by atoms with Crippen LogP contribution in [0.5, 0.6) is 0 Å². The summed E-state index contributed by atoms with van der Waals surface area (Å²) in [6.45, 7) is 4.70. The minimum Gasteiger partial charge on any atom is -0.225 e. The second-order valence-electron chi connectivity index (χ2n) is 4.99. The lowest BCUT2D eigenvalue weighted by molar-refractivity contribution is 0.661. The summed E-state index contributed by atoms with van der Waals surface area (Å²) in [7, 11) is 0. The van der Waals surface area contributed by atoms with E-state index in [9.17, 15) is 0 Å². The van der Waals surface area contributed by atoms with E-state index in [4.69, 9.17) is 11.6 Å². The van der Waals surface area contributed by atoms with Gasteiger partial charge in [-0.15, -0.1) is 5.10 Å². The van der Waals surface area contributed by atoms with Crippen molar-refractivity contribution in [2.75, 3.05) is 5.75 Å². The van der Waals surface area contributed by atoms with E-state index in [0.29, 0.717) is 6.54 Å². The summed E-state index contributed by atoms with van der Waals surface area (Å²) in [6, 6.07) is 7.71. The molecule has 0 bridgehead atoms. The highest BCUT2D eigenvalue weighted by Crippen LogP contribution is 2.20. The Labute approximate surface area is 138 Å². The van der Waals surface area contributed by atoms with E-state index in [1.807, 2.05) is 35.9 Å². The second-order valence-corrected chi connectivity index (χ2v) is 6.48. The smallest absolute Gasteiger partial charge is 0.189 e. The monoisotopic (exact) mass is 333 g/mol. The molecule has 0 fully saturated rings. The fraction of sp³-hybridized carbons (Fsp3) is 0.333. The van der Waals surface area contributed by atoms with Crippen LogP contribution < -0.4 is 0 Å². The quantitative estimate of drug-likeness (QED) is 0.526. The zero-order chi connectivity index (χ0) is 15.5. The largest absolute Gasteiger partial charge is 0.225 e. The average molecular weight is 334 g/mol. The molecule has 0 saturated carbocycles. The summed E-state index contributed by atoms with van der Waals surface area (Å²) in [5.74, 6) is 1.00. The van der Waals surface area contributed by atoms with Crippen LogP contribution in [0.3, 0.4) is 0 Å². The Hall–Kier alpha value is -1.66. The molecule has 0 N–H and O–H groups in total. The minimum absolute atomic E-state index is 0.613. The summed E-state index contributed by atoms with van der Waals surface area (Å²) in [6.07, 6.45) is 1.09. The SMILES string of the molecule is CCCSc1nc(C)c2nnn(Cc3ccc(Cl)cc3)c2n1. The van der Waals surface area contributed by atoms with Crippen molar-refractivity contribution in [3.63, 3.8) is 0 Å². The third-order valence-electron chi connectivity index (χ3n) is 3.20. The van der Waals surface area contributed by atoms with Crippen molar-refractivity contribution in [1.29, 1.82) is 0 Å². The van der Waals surface area contributed by atoms with Crippen LogP contribution in [-0.2, 0) is 6.54 Å². The number of hydrogen-bond donors (Lipinski definition) is 0. The Morgan fingerprint density at radius 2 is 1.95 bits per heavy atom. The molecule has 2 aromatic heterocycles. The zero-order valence-corrected chi connectivity index (χ0v) is 14.0. The molecule has 3 aromatic rings. The fourth-order valence-corrected chi connectivity index (χ4v) is 2.96. The molecule has 0 radical (unpaired) electrons. The third-order valence-corrected chi connectivity index (χ3v) is 4.50. The number of fused-ring (bicyclic) bond motifs is 1. The molecule has 0 saturated heterocycles. The summed E-state index contributed by atoms with van der Waals surface area (Å²) in [4.78, 5) is 9.10. The van der Waals surface area contributed by atoms with E-state index in [2.05, 4.69) is 27.2 Å². The first-order chi connectivity index (χ1) is 10.7. The van der Waals surface area contributed by atoms with Gasteiger partial charge in [0.05, 0.1) is 12.2 Å². The Morgan fingerprint density at radius 3 is 2.68 bits per heavy atom. The molecule has 0 atom stereocenters. The minimum atomic E-state index is 0.613. The molecule has 0 aliphatic rings. The van der Waals surface area contributed by atoms with Crippen LogP contribution in [0.4, 0.5) is 0 Å². The molecule has 5 nitrogen and oxygen atoms in total. The van der Waals surface area contributed by atoms with Crippen LogP contribution in [0, 0.1) is 6.92 Å². The standard InChI is InChI=1S/C15H16ClN5S/c1-3-8-22-15-17-10(2)13-14(18-15)21(20-19-13)9-11-4-6-12(16)7-5-11/h4-7H,3,8-9H2,1-2H3. The number of aromatic nitrogens is 5. The van der Waals surface area contributed by atoms with Crippen LogP contribution in [0.1, 0.15) is 24.6 Å². The van der Waals surface area contributed by atoms with Crippen molar-refractivity contribution in [2.45, 2.75) is 32.0 Å². The molecular formula is C15H16ClN5S. The maximum Gasteiger partial charge on any atom is 0.189 e. The molecule has 0 spiro atoms. The highest BCUT2D eigenvalue weighted by molar-refractivity contribution is 7.99. The van der Waals surface area contributed by atoms with Gasteiger partial charge in [-0.1, -0.05) is 47.6 Å². The van der Waals surface area contributed by atoms with Gasteiger partial charge in [-0.2, -0.15) is 0 Å². The first kappa shape index (κ1) is 15.2. The van der Waals surface area contributed by atoms with Crippen LogP contribution in [0.25, 0.3) is 11.2 Å². The van der Waals surface area contributed by atoms with E-state index in [1.54, 1.807) is 11.8 Å². The number of rotatable bonds is 5. The molecule has 0 aliphatic carbocycles. The lowest BCUT2D eigenvalue weighted by Gasteiger charge is -2.04. The van der Waals surface area contributed by atoms with E-state index in [1.165, 1.54) is 0 Å². The molecule has 22 heavy (non-hydrogen) atoms. The molecule has 7 heteroatoms. The van der Waals surface area contributed by atoms with Crippen molar-refractivity contribution in [3.05, 3.63) is 40.5 Å². The predicted molar refractivity (Wildman–Crippen MR) is 89.4 cm³/mol. The highest BCUT2D eigenvalue weighted by atomic mass is 35.5. The number of halogens is 1. The van der Waals surface area contributed by atoms with Crippen molar-refractivity contribution in [2.24, 2.45) is 0 Å². The maximum atomic E-state index is 5.92. The predicted octanol–water partition coefficient (Wildman–Crippen LogP) is 3.73. The van der Waals surface area contributed by atoms with Crippen molar-refractivity contribution < 1.29 is 0 Å². The van der Waals surface area contributed by atoms with E-state index in [0.717, 1.165) is 44.8 Å². The lowest BCUT2D eigenvalue weighted by atomic mass is 10.2. The Morgan fingerprint density at radius 1 is 1.18 bits per heavy atom. The summed E-state index contributed by atoms with van der Waals surface area (Å²) < 4.78 is 1.81. The first-order valence-corrected chi connectivity index (χ1v) is 8.49. The molecule has 2 heterocycles. The van der Waals surface area contributed by atoms with Crippen molar-refractivity contribution in [3.8, 4) is 0 Å².